The third kappa shape index (κ3) is 4.35. The summed E-state index contributed by atoms with van der Waals surface area (Å²) in [6.07, 6.45) is 6.47. The van der Waals surface area contributed by atoms with Crippen molar-refractivity contribution in [3.63, 3.8) is 0 Å². The Morgan fingerprint density at radius 2 is 1.78 bits per heavy atom. The lowest BCUT2D eigenvalue weighted by Gasteiger charge is -2.55. The minimum atomic E-state index is -4.01. The first-order valence-corrected chi connectivity index (χ1v) is 11.3. The van der Waals surface area contributed by atoms with Crippen molar-refractivity contribution in [1.82, 2.24) is 0 Å². The Morgan fingerprint density at radius 1 is 1.00 bits per heavy atom. The van der Waals surface area contributed by atoms with Crippen LogP contribution in [-0.2, 0) is 0 Å². The van der Waals surface area contributed by atoms with Crippen molar-refractivity contribution >= 4 is 0 Å². The van der Waals surface area contributed by atoms with E-state index in [4.69, 9.17) is 0 Å². The van der Waals surface area contributed by atoms with Crippen LogP contribution in [0.4, 0.5) is 13.2 Å². The normalized spacial score (nSPS) is 41.4. The number of hydrogen-bond donors (Lipinski definition) is 0. The highest BCUT2D eigenvalue weighted by atomic mass is 19.4. The number of rotatable bonds is 5. The number of fused-ring (bicyclic) bond motifs is 3. The lowest BCUT2D eigenvalue weighted by Crippen LogP contribution is -2.47. The molecule has 3 aliphatic carbocycles. The molecule has 3 saturated carbocycles. The van der Waals surface area contributed by atoms with E-state index in [0.717, 1.165) is 50.4 Å². The standard InChI is InChI=1S/C24H37F3/c1-4-6-7-9-18-11-13-22-21-12-10-17(16-24(25,26)27)19(8-5-2)20(21)14-15-23(18,22)3/h17-22H,5,7-16H2,1-3H3. The second-order valence-corrected chi connectivity index (χ2v) is 9.83. The Balaban J connectivity index is 1.74. The molecule has 0 aromatic carbocycles. The fraction of sp³-hybridized carbons (Fsp3) is 0.917. The molecule has 7 unspecified atom stereocenters. The van der Waals surface area contributed by atoms with Gasteiger partial charge in [-0.15, -0.1) is 11.8 Å². The van der Waals surface area contributed by atoms with Crippen LogP contribution in [0.15, 0.2) is 0 Å². The predicted molar refractivity (Wildman–Crippen MR) is 105 cm³/mol. The Kier molecular flexibility index (Phi) is 6.54. The summed E-state index contributed by atoms with van der Waals surface area (Å²) in [4.78, 5) is 0. The molecule has 0 amide bonds. The van der Waals surface area contributed by atoms with Gasteiger partial charge in [-0.3, -0.25) is 0 Å². The SMILES string of the molecule is CC#CCCC1CCC2C3CCC(CC(F)(F)F)C(CCC)C3CCC12C. The summed E-state index contributed by atoms with van der Waals surface area (Å²) in [5.41, 5.74) is 0.407. The molecule has 3 aliphatic rings. The van der Waals surface area contributed by atoms with Crippen LogP contribution in [-0.4, -0.2) is 6.18 Å². The molecule has 0 spiro atoms. The maximum atomic E-state index is 13.1. The summed E-state index contributed by atoms with van der Waals surface area (Å²) in [5.74, 6) is 9.14. The lowest BCUT2D eigenvalue weighted by atomic mass is 9.50. The van der Waals surface area contributed by atoms with Gasteiger partial charge in [-0.2, -0.15) is 13.2 Å². The minimum absolute atomic E-state index is 0.132. The molecule has 0 aliphatic heterocycles. The monoisotopic (exact) mass is 382 g/mol. The molecule has 0 heterocycles. The van der Waals surface area contributed by atoms with Crippen molar-refractivity contribution < 1.29 is 13.2 Å². The molecule has 27 heavy (non-hydrogen) atoms. The summed E-state index contributed by atoms with van der Waals surface area (Å²) in [7, 11) is 0. The molecule has 0 saturated heterocycles. The molecule has 3 rings (SSSR count). The highest BCUT2D eigenvalue weighted by Crippen LogP contribution is 2.64. The second-order valence-electron chi connectivity index (χ2n) is 9.83. The van der Waals surface area contributed by atoms with Crippen LogP contribution >= 0.6 is 0 Å². The summed E-state index contributed by atoms with van der Waals surface area (Å²) in [6.45, 7) is 6.56. The largest absolute Gasteiger partial charge is 0.389 e. The van der Waals surface area contributed by atoms with E-state index in [9.17, 15) is 13.2 Å². The first kappa shape index (κ1) is 21.1. The summed E-state index contributed by atoms with van der Waals surface area (Å²) in [5, 5.41) is 0. The van der Waals surface area contributed by atoms with Gasteiger partial charge in [0.05, 0.1) is 0 Å². The van der Waals surface area contributed by atoms with Crippen molar-refractivity contribution in [2.24, 2.45) is 40.9 Å². The third-order valence-electron chi connectivity index (χ3n) is 8.63. The number of alkyl halides is 3. The van der Waals surface area contributed by atoms with Crippen LogP contribution in [0, 0.1) is 52.8 Å². The van der Waals surface area contributed by atoms with Gasteiger partial charge >= 0.3 is 6.18 Å². The Morgan fingerprint density at radius 3 is 2.44 bits per heavy atom. The highest BCUT2D eigenvalue weighted by Gasteiger charge is 2.56. The molecule has 0 N–H and O–H groups in total. The van der Waals surface area contributed by atoms with Gasteiger partial charge in [0, 0.05) is 12.8 Å². The average molecular weight is 383 g/mol. The molecule has 0 aromatic heterocycles. The molecular formula is C24H37F3. The molecule has 0 bridgehead atoms. The van der Waals surface area contributed by atoms with Gasteiger partial charge in [0.15, 0.2) is 0 Å². The van der Waals surface area contributed by atoms with Crippen molar-refractivity contribution in [1.29, 1.82) is 0 Å². The molecule has 0 radical (unpaired) electrons. The summed E-state index contributed by atoms with van der Waals surface area (Å²) < 4.78 is 39.4. The van der Waals surface area contributed by atoms with E-state index in [0.29, 0.717) is 23.2 Å². The lowest BCUT2D eigenvalue weighted by molar-refractivity contribution is -0.160. The van der Waals surface area contributed by atoms with Crippen molar-refractivity contribution in [2.45, 2.75) is 97.6 Å². The van der Waals surface area contributed by atoms with Crippen molar-refractivity contribution in [3.8, 4) is 11.8 Å². The Labute approximate surface area is 164 Å². The summed E-state index contributed by atoms with van der Waals surface area (Å²) >= 11 is 0. The molecular weight excluding hydrogens is 345 g/mol. The van der Waals surface area contributed by atoms with Crippen molar-refractivity contribution in [2.75, 3.05) is 0 Å². The second kappa shape index (κ2) is 8.38. The molecule has 3 heteroatoms. The van der Waals surface area contributed by atoms with Gasteiger partial charge in [-0.25, -0.2) is 0 Å². The van der Waals surface area contributed by atoms with Gasteiger partial charge < -0.3 is 0 Å². The number of hydrogen-bond acceptors (Lipinski definition) is 0. The van der Waals surface area contributed by atoms with Crippen LogP contribution in [0.25, 0.3) is 0 Å². The number of halogens is 3. The quantitative estimate of drug-likeness (QED) is 0.429. The van der Waals surface area contributed by atoms with Gasteiger partial charge in [-0.1, -0.05) is 26.7 Å². The fourth-order valence-corrected chi connectivity index (χ4v) is 7.52. The van der Waals surface area contributed by atoms with Crippen LogP contribution in [0.1, 0.15) is 91.4 Å². The molecule has 7 atom stereocenters. The maximum Gasteiger partial charge on any atom is 0.389 e. The zero-order valence-electron chi connectivity index (χ0n) is 17.4. The van der Waals surface area contributed by atoms with E-state index >= 15 is 0 Å². The van der Waals surface area contributed by atoms with Crippen LogP contribution in [0.2, 0.25) is 0 Å². The highest BCUT2D eigenvalue weighted by molar-refractivity contribution is 5.06. The van der Waals surface area contributed by atoms with Gasteiger partial charge in [-0.05, 0) is 92.8 Å². The fourth-order valence-electron chi connectivity index (χ4n) is 7.52. The van der Waals surface area contributed by atoms with Gasteiger partial charge in [0.25, 0.3) is 0 Å². The van der Waals surface area contributed by atoms with E-state index in [2.05, 4.69) is 25.7 Å². The van der Waals surface area contributed by atoms with E-state index in [1.165, 1.54) is 25.7 Å². The topological polar surface area (TPSA) is 0 Å². The van der Waals surface area contributed by atoms with E-state index in [1.54, 1.807) is 0 Å². The molecule has 0 nitrogen and oxygen atoms in total. The Bertz CT molecular complexity index is 554. The van der Waals surface area contributed by atoms with Gasteiger partial charge in [0.2, 0.25) is 0 Å². The predicted octanol–water partition coefficient (Wildman–Crippen LogP) is 7.63. The van der Waals surface area contributed by atoms with E-state index < -0.39 is 12.6 Å². The molecule has 154 valence electrons. The van der Waals surface area contributed by atoms with E-state index in [-0.39, 0.29) is 5.92 Å². The van der Waals surface area contributed by atoms with Gasteiger partial charge in [0.1, 0.15) is 0 Å². The zero-order chi connectivity index (χ0) is 19.7. The van der Waals surface area contributed by atoms with Crippen LogP contribution in [0.5, 0.6) is 0 Å². The molecule has 3 fully saturated rings. The Hall–Kier alpha value is -0.650. The smallest absolute Gasteiger partial charge is 0.171 e. The average Bonchev–Trinajstić information content (AvgIpc) is 2.93. The molecule has 0 aromatic rings. The third-order valence-corrected chi connectivity index (χ3v) is 8.63. The first-order valence-electron chi connectivity index (χ1n) is 11.3. The van der Waals surface area contributed by atoms with Crippen LogP contribution in [0.3, 0.4) is 0 Å². The summed E-state index contributed by atoms with van der Waals surface area (Å²) in [6, 6.07) is 0. The first-order chi connectivity index (χ1) is 12.8. The van der Waals surface area contributed by atoms with E-state index in [1.807, 2.05) is 6.92 Å². The maximum absolute atomic E-state index is 13.1. The van der Waals surface area contributed by atoms with Crippen molar-refractivity contribution in [3.05, 3.63) is 0 Å². The van der Waals surface area contributed by atoms with Crippen LogP contribution < -0.4 is 0 Å². The zero-order valence-corrected chi connectivity index (χ0v) is 17.4. The minimum Gasteiger partial charge on any atom is -0.171 e.